The van der Waals surface area contributed by atoms with Crippen LogP contribution in [0.15, 0.2) is 18.2 Å². The Labute approximate surface area is 135 Å². The second-order valence-corrected chi connectivity index (χ2v) is 6.07. The van der Waals surface area contributed by atoms with Crippen molar-refractivity contribution < 1.29 is 24.2 Å². The lowest BCUT2D eigenvalue weighted by Gasteiger charge is -2.37. The minimum atomic E-state index is -0.825. The maximum Gasteiger partial charge on any atom is 0.308 e. The molecule has 1 N–H and O–H groups in total. The summed E-state index contributed by atoms with van der Waals surface area (Å²) < 4.78 is 11.0. The largest absolute Gasteiger partial charge is 0.486 e. The summed E-state index contributed by atoms with van der Waals surface area (Å²) in [6.45, 7) is 3.48. The molecule has 1 saturated heterocycles. The number of carbonyl (C=O) groups is 2. The predicted octanol–water partition coefficient (Wildman–Crippen LogP) is 1.71. The number of piperidine rings is 1. The zero-order valence-corrected chi connectivity index (χ0v) is 13.2. The fraction of sp³-hybridized carbons (Fsp3) is 0.529. The maximum absolute atomic E-state index is 12.6. The first-order valence-corrected chi connectivity index (χ1v) is 7.97. The zero-order valence-electron chi connectivity index (χ0n) is 13.2. The summed E-state index contributed by atoms with van der Waals surface area (Å²) >= 11 is 0. The van der Waals surface area contributed by atoms with Gasteiger partial charge >= 0.3 is 5.97 Å². The molecule has 1 fully saturated rings. The Kier molecular flexibility index (Phi) is 4.41. The molecule has 2 heterocycles. The standard InChI is InChI=1S/C17H21NO5/c1-11-13(17(20)21)3-2-6-18(11)16(19)10-12-4-5-14-15(9-12)23-8-7-22-14/h4-5,9,11,13H,2-3,6-8,10H2,1H3,(H,20,21)/t11-,13-/m1/s1. The van der Waals surface area contributed by atoms with Crippen LogP contribution in [0.3, 0.4) is 0 Å². The monoisotopic (exact) mass is 319 g/mol. The Hall–Kier alpha value is -2.24. The van der Waals surface area contributed by atoms with Gasteiger partial charge in [-0.15, -0.1) is 0 Å². The summed E-state index contributed by atoms with van der Waals surface area (Å²) in [7, 11) is 0. The second kappa shape index (κ2) is 6.48. The molecule has 0 saturated carbocycles. The van der Waals surface area contributed by atoms with Crippen molar-refractivity contribution in [2.45, 2.75) is 32.2 Å². The molecule has 0 aliphatic carbocycles. The van der Waals surface area contributed by atoms with Crippen LogP contribution < -0.4 is 9.47 Å². The van der Waals surface area contributed by atoms with Crippen LogP contribution >= 0.6 is 0 Å². The summed E-state index contributed by atoms with van der Waals surface area (Å²) in [4.78, 5) is 25.6. The van der Waals surface area contributed by atoms with Crippen LogP contribution in [0, 0.1) is 5.92 Å². The summed E-state index contributed by atoms with van der Waals surface area (Å²) in [5, 5.41) is 9.26. The third-order valence-electron chi connectivity index (χ3n) is 4.59. The fourth-order valence-corrected chi connectivity index (χ4v) is 3.30. The molecule has 0 bridgehead atoms. The van der Waals surface area contributed by atoms with Crippen LogP contribution in [0.5, 0.6) is 11.5 Å². The van der Waals surface area contributed by atoms with Gasteiger partial charge in [0.25, 0.3) is 0 Å². The summed E-state index contributed by atoms with van der Waals surface area (Å²) in [5.41, 5.74) is 0.851. The summed E-state index contributed by atoms with van der Waals surface area (Å²) in [6.07, 6.45) is 1.60. The van der Waals surface area contributed by atoms with Gasteiger partial charge in [-0.2, -0.15) is 0 Å². The Morgan fingerprint density at radius 1 is 1.26 bits per heavy atom. The van der Waals surface area contributed by atoms with E-state index in [1.165, 1.54) is 0 Å². The van der Waals surface area contributed by atoms with Crippen molar-refractivity contribution in [2.24, 2.45) is 5.92 Å². The first-order valence-electron chi connectivity index (χ1n) is 7.97. The molecule has 6 heteroatoms. The zero-order chi connectivity index (χ0) is 16.4. The molecule has 0 aromatic heterocycles. The number of carboxylic acid groups (broad SMARTS) is 1. The average Bonchev–Trinajstić information content (AvgIpc) is 2.54. The van der Waals surface area contributed by atoms with E-state index in [0.29, 0.717) is 37.7 Å². The Morgan fingerprint density at radius 3 is 2.74 bits per heavy atom. The average molecular weight is 319 g/mol. The minimum Gasteiger partial charge on any atom is -0.486 e. The lowest BCUT2D eigenvalue weighted by molar-refractivity contribution is -0.148. The van der Waals surface area contributed by atoms with Gasteiger partial charge in [-0.25, -0.2) is 0 Å². The van der Waals surface area contributed by atoms with E-state index in [4.69, 9.17) is 9.47 Å². The van der Waals surface area contributed by atoms with Gasteiger partial charge in [0.1, 0.15) is 13.2 Å². The topological polar surface area (TPSA) is 76.1 Å². The Balaban J connectivity index is 1.70. The molecule has 124 valence electrons. The number of carbonyl (C=O) groups excluding carboxylic acids is 1. The number of hydrogen-bond acceptors (Lipinski definition) is 4. The number of hydrogen-bond donors (Lipinski definition) is 1. The van der Waals surface area contributed by atoms with E-state index >= 15 is 0 Å². The van der Waals surface area contributed by atoms with Gasteiger partial charge in [0.15, 0.2) is 11.5 Å². The molecule has 1 amide bonds. The third-order valence-corrected chi connectivity index (χ3v) is 4.59. The molecular formula is C17H21NO5. The quantitative estimate of drug-likeness (QED) is 0.918. The first kappa shape index (κ1) is 15.6. The molecule has 6 nitrogen and oxygen atoms in total. The minimum absolute atomic E-state index is 0.0415. The lowest BCUT2D eigenvalue weighted by atomic mass is 9.90. The number of fused-ring (bicyclic) bond motifs is 1. The van der Waals surface area contributed by atoms with Gasteiger partial charge in [0, 0.05) is 12.6 Å². The number of rotatable bonds is 3. The molecule has 3 rings (SSSR count). The number of nitrogens with zero attached hydrogens (tertiary/aromatic N) is 1. The highest BCUT2D eigenvalue weighted by atomic mass is 16.6. The van der Waals surface area contributed by atoms with E-state index < -0.39 is 11.9 Å². The number of carboxylic acids is 1. The Bertz CT molecular complexity index is 615. The van der Waals surface area contributed by atoms with Crippen LogP contribution in [-0.4, -0.2) is 47.7 Å². The Morgan fingerprint density at radius 2 is 2.00 bits per heavy atom. The molecule has 2 aliphatic heterocycles. The normalized spacial score (nSPS) is 23.4. The summed E-state index contributed by atoms with van der Waals surface area (Å²) in [6, 6.07) is 5.23. The van der Waals surface area contributed by atoms with Crippen molar-refractivity contribution in [3.8, 4) is 11.5 Å². The molecule has 1 aromatic rings. The van der Waals surface area contributed by atoms with Crippen molar-refractivity contribution in [2.75, 3.05) is 19.8 Å². The van der Waals surface area contributed by atoms with E-state index in [1.807, 2.05) is 25.1 Å². The van der Waals surface area contributed by atoms with Crippen LogP contribution in [0.4, 0.5) is 0 Å². The van der Waals surface area contributed by atoms with E-state index in [9.17, 15) is 14.7 Å². The smallest absolute Gasteiger partial charge is 0.308 e. The number of aliphatic carboxylic acids is 1. The van der Waals surface area contributed by atoms with E-state index in [-0.39, 0.29) is 18.4 Å². The molecule has 0 spiro atoms. The third kappa shape index (κ3) is 3.25. The van der Waals surface area contributed by atoms with Crippen molar-refractivity contribution in [3.63, 3.8) is 0 Å². The highest BCUT2D eigenvalue weighted by molar-refractivity contribution is 5.81. The van der Waals surface area contributed by atoms with Crippen LogP contribution in [-0.2, 0) is 16.0 Å². The number of benzene rings is 1. The van der Waals surface area contributed by atoms with E-state index in [1.54, 1.807) is 4.90 Å². The van der Waals surface area contributed by atoms with Crippen LogP contribution in [0.1, 0.15) is 25.3 Å². The van der Waals surface area contributed by atoms with Crippen LogP contribution in [0.2, 0.25) is 0 Å². The molecule has 1 aromatic carbocycles. The highest BCUT2D eigenvalue weighted by Gasteiger charge is 2.35. The van der Waals surface area contributed by atoms with Gasteiger partial charge in [-0.1, -0.05) is 6.07 Å². The number of ether oxygens (including phenoxy) is 2. The molecular weight excluding hydrogens is 298 g/mol. The van der Waals surface area contributed by atoms with E-state index in [0.717, 1.165) is 12.0 Å². The fourth-order valence-electron chi connectivity index (χ4n) is 3.30. The van der Waals surface area contributed by atoms with Crippen molar-refractivity contribution in [1.82, 2.24) is 4.90 Å². The molecule has 2 atom stereocenters. The van der Waals surface area contributed by atoms with Crippen molar-refractivity contribution in [3.05, 3.63) is 23.8 Å². The molecule has 2 aliphatic rings. The highest BCUT2D eigenvalue weighted by Crippen LogP contribution is 2.31. The van der Waals surface area contributed by atoms with Gasteiger partial charge < -0.3 is 19.5 Å². The second-order valence-electron chi connectivity index (χ2n) is 6.07. The van der Waals surface area contributed by atoms with Crippen molar-refractivity contribution >= 4 is 11.9 Å². The van der Waals surface area contributed by atoms with E-state index in [2.05, 4.69) is 0 Å². The van der Waals surface area contributed by atoms with Crippen LogP contribution in [0.25, 0.3) is 0 Å². The van der Waals surface area contributed by atoms with Gasteiger partial charge in [0.2, 0.25) is 5.91 Å². The maximum atomic E-state index is 12.6. The molecule has 23 heavy (non-hydrogen) atoms. The first-order chi connectivity index (χ1) is 11.1. The number of likely N-dealkylation sites (tertiary alicyclic amines) is 1. The predicted molar refractivity (Wildman–Crippen MR) is 82.7 cm³/mol. The molecule has 0 radical (unpaired) electrons. The SMILES string of the molecule is C[C@@H]1[C@H](C(=O)O)CCCN1C(=O)Cc1ccc2c(c1)OCCO2. The van der Waals surface area contributed by atoms with Gasteiger partial charge in [-0.05, 0) is 37.5 Å². The molecule has 0 unspecified atom stereocenters. The van der Waals surface area contributed by atoms with Crippen molar-refractivity contribution in [1.29, 1.82) is 0 Å². The lowest BCUT2D eigenvalue weighted by Crippen LogP contribution is -2.49. The van der Waals surface area contributed by atoms with Gasteiger partial charge in [0.05, 0.1) is 12.3 Å². The summed E-state index contributed by atoms with van der Waals surface area (Å²) in [5.74, 6) is 0.0174. The number of amides is 1. The van der Waals surface area contributed by atoms with Gasteiger partial charge in [-0.3, -0.25) is 9.59 Å².